The maximum absolute atomic E-state index is 12.0. The van der Waals surface area contributed by atoms with E-state index in [2.05, 4.69) is 15.2 Å². The summed E-state index contributed by atoms with van der Waals surface area (Å²) in [5, 5.41) is 18.6. The molecule has 2 aromatic carbocycles. The number of ether oxygens (including phenoxy) is 1. The summed E-state index contributed by atoms with van der Waals surface area (Å²) in [7, 11) is 1.54. The van der Waals surface area contributed by atoms with Crippen LogP contribution in [-0.2, 0) is 0 Å². The van der Waals surface area contributed by atoms with Crippen molar-refractivity contribution < 1.29 is 14.6 Å². The Morgan fingerprint density at radius 3 is 2.65 bits per heavy atom. The Bertz CT molecular complexity index is 901. The highest BCUT2D eigenvalue weighted by molar-refractivity contribution is 6.30. The summed E-state index contributed by atoms with van der Waals surface area (Å²) in [6, 6.07) is 11.5. The predicted octanol–water partition coefficient (Wildman–Crippen LogP) is 4.46. The molecule has 23 heavy (non-hydrogen) atoms. The normalized spacial score (nSPS) is 11.2. The van der Waals surface area contributed by atoms with E-state index in [0.717, 1.165) is 0 Å². The number of fused-ring (bicyclic) bond motifs is 1. The van der Waals surface area contributed by atoms with Crippen LogP contribution in [0.1, 0.15) is 10.4 Å². The van der Waals surface area contributed by atoms with Gasteiger partial charge in [0.15, 0.2) is 5.69 Å². The molecule has 1 heterocycles. The highest BCUT2D eigenvalue weighted by Gasteiger charge is 2.12. The first-order valence-electron chi connectivity index (χ1n) is 6.69. The standard InChI is InChI=1S/C16H12ClN3O3/c1-23-11-6-7-13-12(8-11)14(16(22)18-13)19-20-15(21)9-2-4-10(17)5-3-9/h2-8,18,22H,1H3. The molecule has 0 atom stereocenters. The van der Waals surface area contributed by atoms with Crippen molar-refractivity contribution in [2.24, 2.45) is 10.2 Å². The van der Waals surface area contributed by atoms with Crippen molar-refractivity contribution in [3.05, 3.63) is 53.1 Å². The molecule has 1 aromatic heterocycles. The number of H-pyrrole nitrogens is 1. The number of benzene rings is 2. The molecule has 3 rings (SSSR count). The summed E-state index contributed by atoms with van der Waals surface area (Å²) in [5.41, 5.74) is 1.20. The van der Waals surface area contributed by atoms with Crippen molar-refractivity contribution in [2.45, 2.75) is 0 Å². The van der Waals surface area contributed by atoms with Crippen LogP contribution in [0.3, 0.4) is 0 Å². The van der Waals surface area contributed by atoms with Crippen molar-refractivity contribution >= 4 is 34.1 Å². The second kappa shape index (κ2) is 6.10. The molecule has 0 aliphatic carbocycles. The van der Waals surface area contributed by atoms with Gasteiger partial charge < -0.3 is 14.8 Å². The van der Waals surface area contributed by atoms with Crippen LogP contribution < -0.4 is 4.74 Å². The maximum Gasteiger partial charge on any atom is 0.295 e. The number of hydrogen-bond acceptors (Lipinski definition) is 4. The molecule has 3 aromatic rings. The van der Waals surface area contributed by atoms with Crippen molar-refractivity contribution in [3.63, 3.8) is 0 Å². The van der Waals surface area contributed by atoms with Gasteiger partial charge in [0.05, 0.1) is 12.6 Å². The number of nitrogens with one attached hydrogen (secondary N) is 1. The van der Waals surface area contributed by atoms with Crippen LogP contribution in [-0.4, -0.2) is 23.1 Å². The zero-order valence-electron chi connectivity index (χ0n) is 12.1. The highest BCUT2D eigenvalue weighted by Crippen LogP contribution is 2.37. The number of rotatable bonds is 3. The van der Waals surface area contributed by atoms with Gasteiger partial charge in [-0.05, 0) is 42.5 Å². The van der Waals surface area contributed by atoms with Crippen LogP contribution in [0.4, 0.5) is 5.69 Å². The summed E-state index contributed by atoms with van der Waals surface area (Å²) >= 11 is 5.77. The third kappa shape index (κ3) is 3.02. The number of aromatic amines is 1. The number of amides is 1. The molecule has 6 nitrogen and oxygen atoms in total. The minimum absolute atomic E-state index is 0.166. The monoisotopic (exact) mass is 329 g/mol. The molecule has 0 fully saturated rings. The maximum atomic E-state index is 12.0. The van der Waals surface area contributed by atoms with E-state index in [9.17, 15) is 9.90 Å². The van der Waals surface area contributed by atoms with Gasteiger partial charge in [-0.1, -0.05) is 11.6 Å². The molecule has 0 radical (unpaired) electrons. The van der Waals surface area contributed by atoms with E-state index >= 15 is 0 Å². The second-order valence-electron chi connectivity index (χ2n) is 4.75. The number of azo groups is 1. The molecule has 0 spiro atoms. The topological polar surface area (TPSA) is 87.0 Å². The Morgan fingerprint density at radius 2 is 1.96 bits per heavy atom. The van der Waals surface area contributed by atoms with Gasteiger partial charge in [-0.25, -0.2) is 0 Å². The Morgan fingerprint density at radius 1 is 1.22 bits per heavy atom. The lowest BCUT2D eigenvalue weighted by molar-refractivity contribution is 0.0995. The quantitative estimate of drug-likeness (QED) is 0.695. The van der Waals surface area contributed by atoms with Gasteiger partial charge in [0.2, 0.25) is 5.88 Å². The number of aromatic nitrogens is 1. The fraction of sp³-hybridized carbons (Fsp3) is 0.0625. The van der Waals surface area contributed by atoms with Crippen LogP contribution >= 0.6 is 11.6 Å². The van der Waals surface area contributed by atoms with Gasteiger partial charge in [-0.3, -0.25) is 4.79 Å². The van der Waals surface area contributed by atoms with Gasteiger partial charge in [0, 0.05) is 16.0 Å². The van der Waals surface area contributed by atoms with Gasteiger partial charge in [-0.15, -0.1) is 10.2 Å². The third-order valence-corrected chi connectivity index (χ3v) is 3.54. The van der Waals surface area contributed by atoms with Crippen LogP contribution in [0.2, 0.25) is 5.02 Å². The molecule has 1 amide bonds. The Kier molecular flexibility index (Phi) is 3.99. The first-order valence-corrected chi connectivity index (χ1v) is 7.06. The van der Waals surface area contributed by atoms with Crippen LogP contribution in [0.25, 0.3) is 10.9 Å². The van der Waals surface area contributed by atoms with Crippen LogP contribution in [0, 0.1) is 0 Å². The van der Waals surface area contributed by atoms with Crippen molar-refractivity contribution in [1.82, 2.24) is 4.98 Å². The summed E-state index contributed by atoms with van der Waals surface area (Å²) in [5.74, 6) is -0.0869. The molecule has 0 aliphatic rings. The van der Waals surface area contributed by atoms with Crippen molar-refractivity contribution in [2.75, 3.05) is 7.11 Å². The predicted molar refractivity (Wildman–Crippen MR) is 86.8 cm³/mol. The molecule has 7 heteroatoms. The smallest absolute Gasteiger partial charge is 0.295 e. The summed E-state index contributed by atoms with van der Waals surface area (Å²) in [6.07, 6.45) is 0. The average Bonchev–Trinajstić information content (AvgIpc) is 2.87. The average molecular weight is 330 g/mol. The fourth-order valence-corrected chi connectivity index (χ4v) is 2.24. The summed E-state index contributed by atoms with van der Waals surface area (Å²) in [4.78, 5) is 14.8. The molecule has 0 bridgehead atoms. The minimum Gasteiger partial charge on any atom is -0.497 e. The first-order chi connectivity index (χ1) is 11.1. The van der Waals surface area contributed by atoms with Gasteiger partial charge in [0.25, 0.3) is 5.91 Å². The molecule has 0 unspecified atom stereocenters. The molecule has 0 aliphatic heterocycles. The fourth-order valence-electron chi connectivity index (χ4n) is 2.12. The van der Waals surface area contributed by atoms with E-state index in [4.69, 9.17) is 16.3 Å². The zero-order valence-corrected chi connectivity index (χ0v) is 12.8. The molecule has 0 saturated carbocycles. The summed E-state index contributed by atoms with van der Waals surface area (Å²) < 4.78 is 5.15. The lowest BCUT2D eigenvalue weighted by atomic mass is 10.2. The SMILES string of the molecule is COc1ccc2[nH]c(O)c(N=NC(=O)c3ccc(Cl)cc3)c2c1. The van der Waals surface area contributed by atoms with Gasteiger partial charge >= 0.3 is 0 Å². The number of methoxy groups -OCH3 is 1. The van der Waals surface area contributed by atoms with E-state index in [1.165, 1.54) is 0 Å². The molecular weight excluding hydrogens is 318 g/mol. The number of carbonyl (C=O) groups excluding carboxylic acids is 1. The van der Waals surface area contributed by atoms with E-state index in [1.54, 1.807) is 49.6 Å². The van der Waals surface area contributed by atoms with E-state index < -0.39 is 5.91 Å². The zero-order chi connectivity index (χ0) is 16.4. The van der Waals surface area contributed by atoms with Gasteiger partial charge in [-0.2, -0.15) is 0 Å². The van der Waals surface area contributed by atoms with Gasteiger partial charge in [0.1, 0.15) is 5.75 Å². The number of carbonyl (C=O) groups is 1. The largest absolute Gasteiger partial charge is 0.497 e. The van der Waals surface area contributed by atoms with Crippen LogP contribution in [0.5, 0.6) is 11.6 Å². The van der Waals surface area contributed by atoms with Crippen molar-refractivity contribution in [3.8, 4) is 11.6 Å². The second-order valence-corrected chi connectivity index (χ2v) is 5.18. The minimum atomic E-state index is -0.529. The third-order valence-electron chi connectivity index (χ3n) is 3.29. The van der Waals surface area contributed by atoms with E-state index in [-0.39, 0.29) is 11.6 Å². The number of nitrogens with zero attached hydrogens (tertiary/aromatic N) is 2. The molecule has 116 valence electrons. The first kappa shape index (κ1) is 15.1. The molecular formula is C16H12ClN3O3. The highest BCUT2D eigenvalue weighted by atomic mass is 35.5. The summed E-state index contributed by atoms with van der Waals surface area (Å²) in [6.45, 7) is 0. The lowest BCUT2D eigenvalue weighted by Crippen LogP contribution is -1.92. The Hall–Kier alpha value is -2.86. The Labute approximate surface area is 136 Å². The Balaban J connectivity index is 1.95. The number of hydrogen-bond donors (Lipinski definition) is 2. The molecule has 0 saturated heterocycles. The number of halogens is 1. The lowest BCUT2D eigenvalue weighted by Gasteiger charge is -1.98. The van der Waals surface area contributed by atoms with E-state index in [1.807, 2.05) is 0 Å². The molecule has 2 N–H and O–H groups in total. The van der Waals surface area contributed by atoms with Crippen LogP contribution in [0.15, 0.2) is 52.7 Å². The van der Waals surface area contributed by atoms with Crippen molar-refractivity contribution in [1.29, 1.82) is 0 Å². The van der Waals surface area contributed by atoms with E-state index in [0.29, 0.717) is 27.2 Å². The number of aromatic hydroxyl groups is 1.